The average Bonchev–Trinajstić information content (AvgIpc) is 3.09. The molecule has 23 heavy (non-hydrogen) atoms. The fourth-order valence-corrected chi connectivity index (χ4v) is 2.97. The quantitative estimate of drug-likeness (QED) is 0.827. The van der Waals surface area contributed by atoms with Crippen LogP contribution in [-0.4, -0.2) is 57.2 Å². The fraction of sp³-hybridized carbons (Fsp3) is 0.400. The Morgan fingerprint density at radius 1 is 1.39 bits per heavy atom. The Kier molecular flexibility index (Phi) is 3.91. The number of carboxylic acids is 1. The van der Waals surface area contributed by atoms with Gasteiger partial charge in [0, 0.05) is 20.1 Å². The Balaban J connectivity index is 1.87. The summed E-state index contributed by atoms with van der Waals surface area (Å²) in [5.41, 5.74) is 0.852. The van der Waals surface area contributed by atoms with Crippen LogP contribution in [0.25, 0.3) is 11.0 Å². The molecule has 0 bridgehead atoms. The highest BCUT2D eigenvalue weighted by Gasteiger charge is 2.39. The van der Waals surface area contributed by atoms with Gasteiger partial charge in [0.2, 0.25) is 5.91 Å². The third kappa shape index (κ3) is 2.72. The molecule has 1 aromatic heterocycles. The molecule has 3 rings (SSSR count). The van der Waals surface area contributed by atoms with E-state index in [2.05, 4.69) is 4.98 Å². The number of amides is 1. The average molecular weight is 319 g/mol. The minimum Gasteiger partial charge on any atom is -0.480 e. The summed E-state index contributed by atoms with van der Waals surface area (Å²) in [7, 11) is 1.49. The van der Waals surface area contributed by atoms with Crippen LogP contribution >= 0.6 is 0 Å². The standard InChI is InChI=1S/C15H17N3O5/c1-23-9-6-12(14(20)21)17(7-9)13(19)8-18-11-5-3-2-4-10(11)16-15(18)22/h2-5,9,12H,6-8H2,1H3,(H,16,22)(H,20,21). The van der Waals surface area contributed by atoms with E-state index in [1.54, 1.807) is 24.3 Å². The number of aromatic nitrogens is 2. The van der Waals surface area contributed by atoms with E-state index in [-0.39, 0.29) is 25.6 Å². The lowest BCUT2D eigenvalue weighted by Crippen LogP contribution is -2.43. The zero-order valence-electron chi connectivity index (χ0n) is 12.6. The maximum Gasteiger partial charge on any atom is 0.326 e. The topological polar surface area (TPSA) is 105 Å². The highest BCUT2D eigenvalue weighted by Crippen LogP contribution is 2.21. The molecule has 2 aromatic rings. The molecule has 2 N–H and O–H groups in total. The largest absolute Gasteiger partial charge is 0.480 e. The van der Waals surface area contributed by atoms with Crippen LogP contribution in [0.5, 0.6) is 0 Å². The van der Waals surface area contributed by atoms with Gasteiger partial charge in [-0.25, -0.2) is 9.59 Å². The van der Waals surface area contributed by atoms with Crippen molar-refractivity contribution >= 4 is 22.9 Å². The minimum absolute atomic E-state index is 0.205. The van der Waals surface area contributed by atoms with Crippen LogP contribution in [0.2, 0.25) is 0 Å². The number of aliphatic carboxylic acids is 1. The number of methoxy groups -OCH3 is 1. The molecule has 1 aromatic carbocycles. The number of likely N-dealkylation sites (tertiary alicyclic amines) is 1. The Hall–Kier alpha value is -2.61. The van der Waals surface area contributed by atoms with E-state index in [4.69, 9.17) is 4.74 Å². The fourth-order valence-electron chi connectivity index (χ4n) is 2.97. The summed E-state index contributed by atoms with van der Waals surface area (Å²) in [4.78, 5) is 39.8. The first-order chi connectivity index (χ1) is 11.0. The SMILES string of the molecule is COC1CC(C(=O)O)N(C(=O)Cn2c(=O)[nH]c3ccccc32)C1. The van der Waals surface area contributed by atoms with Crippen LogP contribution in [0.4, 0.5) is 0 Å². The maximum absolute atomic E-state index is 12.5. The third-order valence-electron chi connectivity index (χ3n) is 4.18. The molecule has 1 fully saturated rings. The number of nitrogens with one attached hydrogen (secondary N) is 1. The van der Waals surface area contributed by atoms with Crippen molar-refractivity contribution < 1.29 is 19.4 Å². The zero-order valence-corrected chi connectivity index (χ0v) is 12.6. The predicted molar refractivity (Wildman–Crippen MR) is 81.1 cm³/mol. The number of carboxylic acid groups (broad SMARTS) is 1. The van der Waals surface area contributed by atoms with Gasteiger partial charge in [-0.05, 0) is 12.1 Å². The molecule has 0 aliphatic carbocycles. The van der Waals surface area contributed by atoms with Gasteiger partial charge in [0.25, 0.3) is 0 Å². The van der Waals surface area contributed by atoms with Crippen molar-refractivity contribution in [2.45, 2.75) is 25.1 Å². The highest BCUT2D eigenvalue weighted by molar-refractivity contribution is 5.85. The molecular weight excluding hydrogens is 302 g/mol. The lowest BCUT2D eigenvalue weighted by Gasteiger charge is -2.21. The number of carbonyl (C=O) groups is 2. The molecular formula is C15H17N3O5. The van der Waals surface area contributed by atoms with Gasteiger partial charge >= 0.3 is 11.7 Å². The number of benzene rings is 1. The number of ether oxygens (including phenoxy) is 1. The van der Waals surface area contributed by atoms with E-state index in [0.29, 0.717) is 11.0 Å². The number of rotatable bonds is 4. The molecule has 1 amide bonds. The third-order valence-corrected chi connectivity index (χ3v) is 4.18. The van der Waals surface area contributed by atoms with E-state index in [0.717, 1.165) is 0 Å². The molecule has 122 valence electrons. The second-order valence-electron chi connectivity index (χ2n) is 5.53. The Morgan fingerprint density at radius 3 is 2.83 bits per heavy atom. The second-order valence-corrected chi connectivity index (χ2v) is 5.53. The number of hydrogen-bond acceptors (Lipinski definition) is 4. The highest BCUT2D eigenvalue weighted by atomic mass is 16.5. The van der Waals surface area contributed by atoms with Crippen molar-refractivity contribution in [2.75, 3.05) is 13.7 Å². The summed E-state index contributed by atoms with van der Waals surface area (Å²) < 4.78 is 6.49. The number of carbonyl (C=O) groups excluding carboxylic acids is 1. The van der Waals surface area contributed by atoms with Crippen molar-refractivity contribution in [3.8, 4) is 0 Å². The smallest absolute Gasteiger partial charge is 0.326 e. The second kappa shape index (κ2) is 5.88. The van der Waals surface area contributed by atoms with Gasteiger partial charge in [-0.3, -0.25) is 9.36 Å². The molecule has 2 unspecified atom stereocenters. The van der Waals surface area contributed by atoms with E-state index < -0.39 is 23.6 Å². The van der Waals surface area contributed by atoms with Gasteiger partial charge in [0.1, 0.15) is 12.6 Å². The van der Waals surface area contributed by atoms with Gasteiger partial charge in [-0.2, -0.15) is 0 Å². The number of nitrogens with zero attached hydrogens (tertiary/aromatic N) is 2. The van der Waals surface area contributed by atoms with Crippen molar-refractivity contribution in [3.05, 3.63) is 34.7 Å². The molecule has 1 saturated heterocycles. The number of fused-ring (bicyclic) bond motifs is 1. The van der Waals surface area contributed by atoms with Crippen LogP contribution in [0.1, 0.15) is 6.42 Å². The molecule has 0 spiro atoms. The van der Waals surface area contributed by atoms with Gasteiger partial charge in [0.15, 0.2) is 0 Å². The van der Waals surface area contributed by atoms with Gasteiger partial charge in [-0.1, -0.05) is 12.1 Å². The summed E-state index contributed by atoms with van der Waals surface area (Å²) >= 11 is 0. The number of aromatic amines is 1. The Bertz CT molecular complexity index is 809. The van der Waals surface area contributed by atoms with Crippen molar-refractivity contribution in [1.29, 1.82) is 0 Å². The van der Waals surface area contributed by atoms with Crippen LogP contribution in [0.15, 0.2) is 29.1 Å². The molecule has 1 aliphatic rings. The van der Waals surface area contributed by atoms with Gasteiger partial charge in [0.05, 0.1) is 17.1 Å². The lowest BCUT2D eigenvalue weighted by atomic mass is 10.2. The predicted octanol–water partition coefficient (Wildman–Crippen LogP) is 0.0301. The van der Waals surface area contributed by atoms with Crippen molar-refractivity contribution in [2.24, 2.45) is 0 Å². The van der Waals surface area contributed by atoms with E-state index in [9.17, 15) is 19.5 Å². The van der Waals surface area contributed by atoms with Crippen LogP contribution < -0.4 is 5.69 Å². The zero-order chi connectivity index (χ0) is 16.6. The van der Waals surface area contributed by atoms with Gasteiger partial charge < -0.3 is 19.7 Å². The van der Waals surface area contributed by atoms with Crippen LogP contribution in [0, 0.1) is 0 Å². The first-order valence-corrected chi connectivity index (χ1v) is 7.24. The summed E-state index contributed by atoms with van der Waals surface area (Å²) in [6.45, 7) is 0.00642. The van der Waals surface area contributed by atoms with E-state index in [1.807, 2.05) is 0 Å². The number of hydrogen-bond donors (Lipinski definition) is 2. The first-order valence-electron chi connectivity index (χ1n) is 7.24. The first kappa shape index (κ1) is 15.3. The lowest BCUT2D eigenvalue weighted by molar-refractivity contribution is -0.148. The van der Waals surface area contributed by atoms with E-state index >= 15 is 0 Å². The summed E-state index contributed by atoms with van der Waals surface area (Å²) in [5.74, 6) is -1.48. The summed E-state index contributed by atoms with van der Waals surface area (Å²) in [5, 5.41) is 9.27. The molecule has 0 radical (unpaired) electrons. The Labute approximate surface area is 131 Å². The molecule has 0 saturated carbocycles. The van der Waals surface area contributed by atoms with Crippen molar-refractivity contribution in [1.82, 2.24) is 14.5 Å². The van der Waals surface area contributed by atoms with Crippen LogP contribution in [-0.2, 0) is 20.9 Å². The molecule has 8 nitrogen and oxygen atoms in total. The minimum atomic E-state index is -1.07. The van der Waals surface area contributed by atoms with E-state index in [1.165, 1.54) is 16.6 Å². The number of imidazole rings is 1. The summed E-state index contributed by atoms with van der Waals surface area (Å²) in [6.07, 6.45) is -0.0554. The van der Waals surface area contributed by atoms with Gasteiger partial charge in [-0.15, -0.1) is 0 Å². The van der Waals surface area contributed by atoms with Crippen molar-refractivity contribution in [3.63, 3.8) is 0 Å². The molecule has 8 heteroatoms. The number of para-hydroxylation sites is 2. The maximum atomic E-state index is 12.5. The van der Waals surface area contributed by atoms with Crippen LogP contribution in [0.3, 0.4) is 0 Å². The Morgan fingerprint density at radius 2 is 2.13 bits per heavy atom. The summed E-state index contributed by atoms with van der Waals surface area (Å²) in [6, 6.07) is 6.11. The molecule has 2 atom stereocenters. The number of H-pyrrole nitrogens is 1. The molecule has 1 aliphatic heterocycles. The molecule has 2 heterocycles. The normalized spacial score (nSPS) is 21.0. The monoisotopic (exact) mass is 319 g/mol.